The third kappa shape index (κ3) is 3.84. The summed E-state index contributed by atoms with van der Waals surface area (Å²) in [5, 5.41) is 5.42. The molecule has 4 rings (SSSR count). The molecule has 0 aliphatic carbocycles. The lowest BCUT2D eigenvalue weighted by atomic mass is 10.1. The van der Waals surface area contributed by atoms with Gasteiger partial charge >= 0.3 is 6.09 Å². The van der Waals surface area contributed by atoms with Gasteiger partial charge in [0.05, 0.1) is 24.5 Å². The summed E-state index contributed by atoms with van der Waals surface area (Å²) in [5.41, 5.74) is 2.49. The van der Waals surface area contributed by atoms with Crippen LogP contribution in [0.5, 0.6) is 0 Å². The number of imidazole rings is 1. The number of rotatable bonds is 6. The molecule has 1 aliphatic heterocycles. The van der Waals surface area contributed by atoms with E-state index in [0.29, 0.717) is 28.2 Å². The van der Waals surface area contributed by atoms with Crippen molar-refractivity contribution in [2.24, 2.45) is 5.18 Å². The molecule has 0 radical (unpaired) electrons. The summed E-state index contributed by atoms with van der Waals surface area (Å²) in [6.07, 6.45) is 2.29. The van der Waals surface area contributed by atoms with E-state index in [9.17, 15) is 18.9 Å². The molecule has 0 bridgehead atoms. The van der Waals surface area contributed by atoms with Crippen LogP contribution in [0.25, 0.3) is 16.8 Å². The van der Waals surface area contributed by atoms with Crippen LogP contribution < -0.4 is 10.2 Å². The van der Waals surface area contributed by atoms with Crippen LogP contribution in [0.2, 0.25) is 0 Å². The Labute approximate surface area is 170 Å². The zero-order valence-corrected chi connectivity index (χ0v) is 16.0. The Balaban J connectivity index is 1.56. The molecule has 1 atom stereocenters. The highest BCUT2D eigenvalue weighted by Crippen LogP contribution is 2.29. The minimum Gasteiger partial charge on any atom is -0.442 e. The molecule has 154 valence electrons. The van der Waals surface area contributed by atoms with Gasteiger partial charge in [0.15, 0.2) is 0 Å². The molecule has 0 saturated carbocycles. The fourth-order valence-electron chi connectivity index (χ4n) is 3.35. The Hall–Kier alpha value is -3.82. The molecule has 2 amide bonds. The topological polar surface area (TPSA) is 105 Å². The molecule has 1 N–H and O–H groups in total. The van der Waals surface area contributed by atoms with E-state index >= 15 is 0 Å². The number of carbonyl (C=O) groups is 2. The van der Waals surface area contributed by atoms with Gasteiger partial charge in [0, 0.05) is 30.4 Å². The number of benzene rings is 1. The van der Waals surface area contributed by atoms with Crippen LogP contribution in [0, 0.1) is 10.7 Å². The van der Waals surface area contributed by atoms with Gasteiger partial charge in [0.2, 0.25) is 5.91 Å². The fourth-order valence-corrected chi connectivity index (χ4v) is 3.35. The maximum absolute atomic E-state index is 14.9. The summed E-state index contributed by atoms with van der Waals surface area (Å²) >= 11 is 0. The van der Waals surface area contributed by atoms with Crippen molar-refractivity contribution in [1.29, 1.82) is 0 Å². The van der Waals surface area contributed by atoms with E-state index in [1.54, 1.807) is 41.1 Å². The Kier molecular flexibility index (Phi) is 5.13. The van der Waals surface area contributed by atoms with Gasteiger partial charge in [-0.25, -0.2) is 14.2 Å². The Morgan fingerprint density at radius 2 is 2.17 bits per heavy atom. The number of hydrogen-bond donors (Lipinski definition) is 1. The third-order valence-electron chi connectivity index (χ3n) is 4.76. The summed E-state index contributed by atoms with van der Waals surface area (Å²) in [4.78, 5) is 39.2. The number of nitrogens with one attached hydrogen (secondary N) is 1. The number of aromatic nitrogens is 2. The molecule has 1 aliphatic rings. The number of anilines is 1. The molecular formula is C20H18FN5O4. The predicted molar refractivity (Wildman–Crippen MR) is 106 cm³/mol. The van der Waals surface area contributed by atoms with Crippen molar-refractivity contribution in [3.63, 3.8) is 0 Å². The second-order valence-electron chi connectivity index (χ2n) is 6.92. The van der Waals surface area contributed by atoms with Crippen LogP contribution in [-0.2, 0) is 16.1 Å². The number of pyridine rings is 1. The summed E-state index contributed by atoms with van der Waals surface area (Å²) in [7, 11) is 0. The lowest BCUT2D eigenvalue weighted by Gasteiger charge is -2.14. The number of amides is 2. The van der Waals surface area contributed by atoms with Gasteiger partial charge in [0.25, 0.3) is 0 Å². The molecule has 1 aromatic carbocycles. The van der Waals surface area contributed by atoms with E-state index in [-0.39, 0.29) is 25.5 Å². The lowest BCUT2D eigenvalue weighted by Crippen LogP contribution is -2.33. The molecular weight excluding hydrogens is 393 g/mol. The van der Waals surface area contributed by atoms with Gasteiger partial charge in [-0.1, -0.05) is 5.18 Å². The average Bonchev–Trinajstić information content (AvgIpc) is 3.28. The maximum Gasteiger partial charge on any atom is 0.414 e. The van der Waals surface area contributed by atoms with Gasteiger partial charge in [-0.2, -0.15) is 4.91 Å². The minimum absolute atomic E-state index is 0.0328. The molecule has 3 aromatic rings. The SMILES string of the molecule is CC(=O)NC[C@H]1CN(c2ccc(-c3ccc4nc(CN=O)cn4c3)c(F)c2)C(=O)O1. The molecule has 10 heteroatoms. The van der Waals surface area contributed by atoms with Gasteiger partial charge in [-0.05, 0) is 30.3 Å². The van der Waals surface area contributed by atoms with E-state index in [2.05, 4.69) is 15.5 Å². The number of fused-ring (bicyclic) bond motifs is 1. The molecule has 0 unspecified atom stereocenters. The number of nitrogens with zero attached hydrogens (tertiary/aromatic N) is 4. The Bertz CT molecular complexity index is 1150. The molecule has 30 heavy (non-hydrogen) atoms. The minimum atomic E-state index is -0.589. The first-order valence-corrected chi connectivity index (χ1v) is 9.24. The average molecular weight is 411 g/mol. The first-order valence-electron chi connectivity index (χ1n) is 9.24. The normalized spacial score (nSPS) is 16.0. The predicted octanol–water partition coefficient (Wildman–Crippen LogP) is 2.87. The van der Waals surface area contributed by atoms with E-state index in [4.69, 9.17) is 4.74 Å². The highest BCUT2D eigenvalue weighted by atomic mass is 19.1. The van der Waals surface area contributed by atoms with Crippen molar-refractivity contribution < 1.29 is 18.7 Å². The van der Waals surface area contributed by atoms with Gasteiger partial charge in [0.1, 0.15) is 24.1 Å². The molecule has 3 heterocycles. The molecule has 1 fully saturated rings. The van der Waals surface area contributed by atoms with E-state index in [0.717, 1.165) is 0 Å². The van der Waals surface area contributed by atoms with E-state index in [1.807, 2.05) is 0 Å². The Morgan fingerprint density at radius 3 is 2.90 bits per heavy atom. The first-order chi connectivity index (χ1) is 14.4. The largest absolute Gasteiger partial charge is 0.442 e. The van der Waals surface area contributed by atoms with Crippen molar-refractivity contribution in [3.05, 3.63) is 59.1 Å². The van der Waals surface area contributed by atoms with Crippen LogP contribution in [0.4, 0.5) is 14.9 Å². The molecule has 0 spiro atoms. The van der Waals surface area contributed by atoms with Gasteiger partial charge in [-0.15, -0.1) is 0 Å². The van der Waals surface area contributed by atoms with Crippen molar-refractivity contribution >= 4 is 23.3 Å². The molecule has 2 aromatic heterocycles. The summed E-state index contributed by atoms with van der Waals surface area (Å²) < 4.78 is 21.8. The van der Waals surface area contributed by atoms with Crippen molar-refractivity contribution in [3.8, 4) is 11.1 Å². The van der Waals surface area contributed by atoms with Crippen LogP contribution in [0.15, 0.2) is 47.9 Å². The third-order valence-corrected chi connectivity index (χ3v) is 4.76. The molecule has 9 nitrogen and oxygen atoms in total. The van der Waals surface area contributed by atoms with Gasteiger partial charge in [-0.3, -0.25) is 9.69 Å². The monoisotopic (exact) mass is 411 g/mol. The van der Waals surface area contributed by atoms with E-state index in [1.165, 1.54) is 17.9 Å². The molecule has 1 saturated heterocycles. The van der Waals surface area contributed by atoms with Gasteiger partial charge < -0.3 is 14.5 Å². The number of halogens is 1. The number of hydrogen-bond acceptors (Lipinski definition) is 6. The first kappa shape index (κ1) is 19.5. The lowest BCUT2D eigenvalue weighted by molar-refractivity contribution is -0.119. The van der Waals surface area contributed by atoms with Crippen molar-refractivity contribution in [1.82, 2.24) is 14.7 Å². The Morgan fingerprint density at radius 1 is 1.33 bits per heavy atom. The smallest absolute Gasteiger partial charge is 0.414 e. The summed E-state index contributed by atoms with van der Waals surface area (Å²) in [6.45, 7) is 1.76. The fraction of sp³-hybridized carbons (Fsp3) is 0.250. The van der Waals surface area contributed by atoms with Crippen LogP contribution in [-0.4, -0.2) is 40.6 Å². The summed E-state index contributed by atoms with van der Waals surface area (Å²) in [6, 6.07) is 7.95. The van der Waals surface area contributed by atoms with Crippen molar-refractivity contribution in [2.45, 2.75) is 19.6 Å². The quantitative estimate of drug-likeness (QED) is 0.628. The number of nitroso groups, excluding NO2 is 1. The number of ether oxygens (including phenoxy) is 1. The van der Waals surface area contributed by atoms with Crippen molar-refractivity contribution in [2.75, 3.05) is 18.0 Å². The maximum atomic E-state index is 14.9. The van der Waals surface area contributed by atoms with Crippen LogP contribution in [0.3, 0.4) is 0 Å². The van der Waals surface area contributed by atoms with Crippen LogP contribution in [0.1, 0.15) is 12.6 Å². The van der Waals surface area contributed by atoms with E-state index < -0.39 is 18.0 Å². The zero-order valence-electron chi connectivity index (χ0n) is 16.0. The number of cyclic esters (lactones) is 1. The second kappa shape index (κ2) is 7.90. The van der Waals surface area contributed by atoms with Crippen LogP contribution >= 0.6 is 0 Å². The number of carbonyl (C=O) groups excluding carboxylic acids is 2. The summed E-state index contributed by atoms with van der Waals surface area (Å²) in [5.74, 6) is -0.718. The standard InChI is InChI=1S/C20H18FN5O4/c1-12(27)22-8-16-11-26(20(28)30-16)15-3-4-17(18(21)6-15)13-2-5-19-24-14(7-23-29)10-25(19)9-13/h2-6,9-10,16H,7-8,11H2,1H3,(H,22,27)/t16-/m0/s1. The zero-order chi connectivity index (χ0) is 21.3. The highest BCUT2D eigenvalue weighted by molar-refractivity contribution is 5.90. The highest BCUT2D eigenvalue weighted by Gasteiger charge is 2.32. The second-order valence-corrected chi connectivity index (χ2v) is 6.92.